The summed E-state index contributed by atoms with van der Waals surface area (Å²) in [5.74, 6) is -16.8. The molecule has 1 atom stereocenters. The number of carboxylic acids is 2. The van der Waals surface area contributed by atoms with Crippen LogP contribution in [0.4, 0.5) is 0 Å². The minimum Gasteiger partial charge on any atom is -0.480 e. The third-order valence-corrected chi connectivity index (χ3v) is 2.98. The minimum absolute atomic E-state index is 0.221. The number of carboxylic acid groups (broad SMARTS) is 2. The van der Waals surface area contributed by atoms with Crippen molar-refractivity contribution < 1.29 is 75.2 Å². The highest BCUT2D eigenvalue weighted by Crippen LogP contribution is 2.21. The molecule has 0 aromatic carbocycles. The lowest BCUT2D eigenvalue weighted by Crippen LogP contribution is -2.69. The Balaban J connectivity index is 5.82. The monoisotopic (exact) mass is 404 g/mol. The molecule has 27 heavy (non-hydrogen) atoms. The van der Waals surface area contributed by atoms with Gasteiger partial charge in [-0.15, -0.1) is 0 Å². The van der Waals surface area contributed by atoms with Crippen molar-refractivity contribution in [3.63, 3.8) is 0 Å². The molecular weight excluding hydrogens is 388 g/mol. The Kier molecular flexibility index (Phi) is 8.59. The van der Waals surface area contributed by atoms with Gasteiger partial charge in [0.05, 0.1) is 6.54 Å². The number of carbonyl (C=O) groups is 4. The van der Waals surface area contributed by atoms with E-state index in [1.165, 1.54) is 0 Å². The van der Waals surface area contributed by atoms with E-state index in [1.807, 2.05) is 0 Å². The second-order valence-electron chi connectivity index (χ2n) is 4.76. The number of aliphatic carboxylic acids is 2. The number of hydrogen-bond donors (Lipinski definition) is 9. The quantitative estimate of drug-likeness (QED) is 0.0881. The van der Waals surface area contributed by atoms with E-state index in [9.17, 15) is 44.7 Å². The zero-order valence-electron chi connectivity index (χ0n) is 13.1. The fourth-order valence-electron chi connectivity index (χ4n) is 1.72. The lowest BCUT2D eigenvalue weighted by Gasteiger charge is -2.39. The van der Waals surface area contributed by atoms with Crippen molar-refractivity contribution >= 4 is 23.9 Å². The maximum Gasteiger partial charge on any atom is 0.417 e. The van der Waals surface area contributed by atoms with Crippen LogP contribution in [0.15, 0.2) is 0 Å². The van der Waals surface area contributed by atoms with Crippen molar-refractivity contribution in [1.82, 2.24) is 9.80 Å². The van der Waals surface area contributed by atoms with E-state index in [0.29, 0.717) is 0 Å². The Morgan fingerprint density at radius 2 is 1.26 bits per heavy atom. The Labute approximate surface area is 147 Å². The Hall–Kier alpha value is -2.48. The summed E-state index contributed by atoms with van der Waals surface area (Å²) in [6.07, 6.45) is -2.49. The van der Waals surface area contributed by atoms with Crippen LogP contribution >= 0.6 is 0 Å². The minimum atomic E-state index is -4.20. The van der Waals surface area contributed by atoms with Gasteiger partial charge in [-0.25, -0.2) is 14.4 Å². The zero-order chi connectivity index (χ0) is 21.6. The topological polar surface area (TPSA) is 275 Å². The molecule has 0 amide bonds. The van der Waals surface area contributed by atoms with Gasteiger partial charge in [0.1, 0.15) is 0 Å². The van der Waals surface area contributed by atoms with Crippen LogP contribution in [0.1, 0.15) is 0 Å². The van der Waals surface area contributed by atoms with Crippen LogP contribution in [-0.4, -0.2) is 118 Å². The molecule has 0 saturated heterocycles. The number of aliphatic hydroxyl groups excluding tert-OH is 1. The number of nitrogens with zero attached hydrogens (tertiary/aromatic N) is 2. The molecule has 0 aromatic rings. The molecule has 17 nitrogen and oxygen atoms in total. The standard InChI is InChI=1S/C10H16N2O15/c13-4(14)3-11(5(15)6(16)17)1-2-12(9(20,21)7(18)26-24)10(22,23)8(19)27-25/h5,15,20-25H,1-3H2,(H,13,14)(H,16,17). The van der Waals surface area contributed by atoms with Crippen LogP contribution in [0, 0.1) is 0 Å². The van der Waals surface area contributed by atoms with Gasteiger partial charge in [-0.1, -0.05) is 0 Å². The van der Waals surface area contributed by atoms with Gasteiger partial charge in [0.15, 0.2) is 0 Å². The normalized spacial score (nSPS) is 13.4. The van der Waals surface area contributed by atoms with Gasteiger partial charge in [-0.3, -0.25) is 19.5 Å². The fraction of sp³-hybridized carbons (Fsp3) is 0.600. The van der Waals surface area contributed by atoms with Crippen molar-refractivity contribution in [2.75, 3.05) is 19.6 Å². The molecule has 0 spiro atoms. The molecule has 0 rings (SSSR count). The summed E-state index contributed by atoms with van der Waals surface area (Å²) in [7, 11) is 0. The lowest BCUT2D eigenvalue weighted by atomic mass is 10.2. The van der Waals surface area contributed by atoms with Crippen LogP contribution in [0.3, 0.4) is 0 Å². The summed E-state index contributed by atoms with van der Waals surface area (Å²) in [5.41, 5.74) is 0. The first-order valence-corrected chi connectivity index (χ1v) is 6.49. The van der Waals surface area contributed by atoms with Gasteiger partial charge in [0, 0.05) is 13.1 Å². The van der Waals surface area contributed by atoms with Gasteiger partial charge < -0.3 is 35.7 Å². The van der Waals surface area contributed by atoms with E-state index in [4.69, 9.17) is 20.7 Å². The summed E-state index contributed by atoms with van der Waals surface area (Å²) >= 11 is 0. The SMILES string of the molecule is O=C(O)CN(CCN(C(O)(O)C(=O)OO)C(O)(O)C(=O)OO)C(O)C(=O)O. The molecule has 0 fully saturated rings. The van der Waals surface area contributed by atoms with E-state index in [-0.39, 0.29) is 4.90 Å². The van der Waals surface area contributed by atoms with Gasteiger partial charge in [-0.05, 0) is 0 Å². The molecule has 0 radical (unpaired) electrons. The predicted octanol–water partition coefficient (Wildman–Crippen LogP) is -5.61. The van der Waals surface area contributed by atoms with Gasteiger partial charge >= 0.3 is 35.7 Å². The van der Waals surface area contributed by atoms with E-state index in [1.54, 1.807) is 0 Å². The van der Waals surface area contributed by atoms with E-state index >= 15 is 0 Å². The van der Waals surface area contributed by atoms with Crippen molar-refractivity contribution in [1.29, 1.82) is 0 Å². The fourth-order valence-corrected chi connectivity index (χ4v) is 1.72. The molecule has 0 aliphatic heterocycles. The van der Waals surface area contributed by atoms with Crippen molar-refractivity contribution in [3.05, 3.63) is 0 Å². The molecule has 0 bridgehead atoms. The number of carbonyl (C=O) groups excluding carboxylic acids is 2. The highest BCUT2D eigenvalue weighted by Gasteiger charge is 2.57. The van der Waals surface area contributed by atoms with Crippen molar-refractivity contribution in [2.45, 2.75) is 18.0 Å². The second-order valence-corrected chi connectivity index (χ2v) is 4.76. The lowest BCUT2D eigenvalue weighted by molar-refractivity contribution is -0.386. The molecule has 0 aliphatic carbocycles. The number of aliphatic hydroxyl groups is 5. The molecule has 17 heteroatoms. The summed E-state index contributed by atoms with van der Waals surface area (Å²) in [4.78, 5) is 49.4. The second kappa shape index (κ2) is 9.45. The highest BCUT2D eigenvalue weighted by atomic mass is 17.1. The number of hydrogen-bond acceptors (Lipinski definition) is 15. The molecule has 1 unspecified atom stereocenters. The van der Waals surface area contributed by atoms with Crippen LogP contribution in [-0.2, 0) is 29.0 Å². The van der Waals surface area contributed by atoms with Crippen LogP contribution in [0.25, 0.3) is 0 Å². The molecule has 0 aliphatic rings. The summed E-state index contributed by atoms with van der Waals surface area (Å²) in [6, 6.07) is 0. The molecule has 0 aromatic heterocycles. The Morgan fingerprint density at radius 3 is 1.56 bits per heavy atom. The summed E-state index contributed by atoms with van der Waals surface area (Å²) in [5, 5.41) is 81.5. The molecule has 0 heterocycles. The predicted molar refractivity (Wildman–Crippen MR) is 71.3 cm³/mol. The zero-order valence-corrected chi connectivity index (χ0v) is 13.1. The first kappa shape index (κ1) is 24.5. The molecule has 9 N–H and O–H groups in total. The van der Waals surface area contributed by atoms with Gasteiger partial charge in [0.25, 0.3) is 0 Å². The van der Waals surface area contributed by atoms with E-state index in [2.05, 4.69) is 9.78 Å². The summed E-state index contributed by atoms with van der Waals surface area (Å²) < 4.78 is 0. The average Bonchev–Trinajstić information content (AvgIpc) is 2.57. The van der Waals surface area contributed by atoms with Crippen LogP contribution in [0.2, 0.25) is 0 Å². The largest absolute Gasteiger partial charge is 0.480 e. The van der Waals surface area contributed by atoms with Crippen LogP contribution < -0.4 is 0 Å². The molecule has 156 valence electrons. The smallest absolute Gasteiger partial charge is 0.417 e. The van der Waals surface area contributed by atoms with Crippen molar-refractivity contribution in [3.8, 4) is 0 Å². The van der Waals surface area contributed by atoms with Gasteiger partial charge in [-0.2, -0.15) is 15.4 Å². The average molecular weight is 404 g/mol. The van der Waals surface area contributed by atoms with E-state index < -0.39 is 66.5 Å². The first-order valence-electron chi connectivity index (χ1n) is 6.49. The third-order valence-electron chi connectivity index (χ3n) is 2.98. The van der Waals surface area contributed by atoms with Crippen LogP contribution in [0.5, 0.6) is 0 Å². The summed E-state index contributed by atoms with van der Waals surface area (Å²) in [6.45, 7) is -3.60. The highest BCUT2D eigenvalue weighted by molar-refractivity contribution is 5.80. The Morgan fingerprint density at radius 1 is 0.852 bits per heavy atom. The number of rotatable bonds is 11. The third kappa shape index (κ3) is 6.02. The molecular formula is C10H16N2O15. The van der Waals surface area contributed by atoms with Crippen molar-refractivity contribution in [2.24, 2.45) is 0 Å². The maximum atomic E-state index is 11.2. The van der Waals surface area contributed by atoms with Gasteiger partial charge in [0.2, 0.25) is 6.23 Å². The first-order chi connectivity index (χ1) is 12.2. The maximum absolute atomic E-state index is 11.2. The Bertz CT molecular complexity index is 547. The van der Waals surface area contributed by atoms with E-state index in [0.717, 1.165) is 0 Å². The molecule has 0 saturated carbocycles.